The van der Waals surface area contributed by atoms with Crippen molar-refractivity contribution in [2.75, 3.05) is 32.7 Å². The number of hydrogen-bond donors (Lipinski definition) is 0. The van der Waals surface area contributed by atoms with E-state index in [0.717, 1.165) is 50.4 Å². The van der Waals surface area contributed by atoms with Gasteiger partial charge in [0, 0.05) is 37.9 Å². The standard InChI is InChI=1S/C26H32N4O/c1-4-12-28-13-15-29(16-14-28)26(31)24-19-30(18-22-8-6-5-7-9-22)27-25(24)23-11-10-20(2)21(3)17-23/h5-11,17,19H,4,12-16,18H2,1-3H3. The number of hydrogen-bond acceptors (Lipinski definition) is 3. The second-order valence-corrected chi connectivity index (χ2v) is 8.51. The molecular weight excluding hydrogens is 384 g/mol. The fourth-order valence-corrected chi connectivity index (χ4v) is 4.19. The average Bonchev–Trinajstić information content (AvgIpc) is 3.20. The molecule has 5 heteroatoms. The van der Waals surface area contributed by atoms with Gasteiger partial charge in [0.1, 0.15) is 5.69 Å². The van der Waals surface area contributed by atoms with Gasteiger partial charge in [-0.15, -0.1) is 0 Å². The van der Waals surface area contributed by atoms with Gasteiger partial charge in [-0.1, -0.05) is 49.4 Å². The van der Waals surface area contributed by atoms with Crippen LogP contribution in [0.3, 0.4) is 0 Å². The van der Waals surface area contributed by atoms with Gasteiger partial charge in [0.05, 0.1) is 12.1 Å². The van der Waals surface area contributed by atoms with Crippen LogP contribution < -0.4 is 0 Å². The maximum absolute atomic E-state index is 13.5. The minimum Gasteiger partial charge on any atom is -0.336 e. The lowest BCUT2D eigenvalue weighted by molar-refractivity contribution is 0.0638. The number of aromatic nitrogens is 2. The minimum atomic E-state index is 0.0867. The lowest BCUT2D eigenvalue weighted by Gasteiger charge is -2.34. The number of nitrogens with zero attached hydrogens (tertiary/aromatic N) is 4. The van der Waals surface area contributed by atoms with Crippen molar-refractivity contribution in [2.24, 2.45) is 0 Å². The van der Waals surface area contributed by atoms with E-state index in [1.807, 2.05) is 34.0 Å². The SMILES string of the molecule is CCCN1CCN(C(=O)c2cn(Cc3ccccc3)nc2-c2ccc(C)c(C)c2)CC1. The molecule has 1 aromatic heterocycles. The largest absolute Gasteiger partial charge is 0.336 e. The van der Waals surface area contributed by atoms with Crippen LogP contribution in [0.2, 0.25) is 0 Å². The maximum Gasteiger partial charge on any atom is 0.257 e. The molecule has 0 radical (unpaired) electrons. The second kappa shape index (κ2) is 9.48. The highest BCUT2D eigenvalue weighted by Crippen LogP contribution is 2.26. The highest BCUT2D eigenvalue weighted by molar-refractivity contribution is 6.00. The van der Waals surface area contributed by atoms with Crippen molar-refractivity contribution in [3.05, 3.63) is 77.0 Å². The first-order valence-electron chi connectivity index (χ1n) is 11.3. The molecule has 4 rings (SSSR count). The van der Waals surface area contributed by atoms with Crippen molar-refractivity contribution >= 4 is 5.91 Å². The van der Waals surface area contributed by atoms with Crippen LogP contribution in [-0.2, 0) is 6.54 Å². The summed E-state index contributed by atoms with van der Waals surface area (Å²) < 4.78 is 1.90. The number of piperazine rings is 1. The van der Waals surface area contributed by atoms with Crippen LogP contribution in [0.25, 0.3) is 11.3 Å². The van der Waals surface area contributed by atoms with Gasteiger partial charge in [0.15, 0.2) is 0 Å². The third-order valence-electron chi connectivity index (χ3n) is 6.16. The van der Waals surface area contributed by atoms with E-state index in [-0.39, 0.29) is 5.91 Å². The summed E-state index contributed by atoms with van der Waals surface area (Å²) in [5.41, 5.74) is 6.10. The Kier molecular flexibility index (Phi) is 6.52. The second-order valence-electron chi connectivity index (χ2n) is 8.51. The monoisotopic (exact) mass is 416 g/mol. The summed E-state index contributed by atoms with van der Waals surface area (Å²) in [6, 6.07) is 16.6. The molecule has 1 aliphatic rings. The molecule has 0 atom stereocenters. The summed E-state index contributed by atoms with van der Waals surface area (Å²) >= 11 is 0. The number of benzene rings is 2. The van der Waals surface area contributed by atoms with E-state index >= 15 is 0 Å². The van der Waals surface area contributed by atoms with Gasteiger partial charge in [-0.25, -0.2) is 0 Å². The molecule has 0 aliphatic carbocycles. The number of carbonyl (C=O) groups excluding carboxylic acids is 1. The van der Waals surface area contributed by atoms with E-state index in [9.17, 15) is 4.79 Å². The summed E-state index contributed by atoms with van der Waals surface area (Å²) in [7, 11) is 0. The molecule has 1 aliphatic heterocycles. The molecule has 1 amide bonds. The first-order chi connectivity index (χ1) is 15.0. The molecule has 1 saturated heterocycles. The van der Waals surface area contributed by atoms with E-state index < -0.39 is 0 Å². The Morgan fingerprint density at radius 2 is 1.71 bits per heavy atom. The molecule has 0 unspecified atom stereocenters. The quantitative estimate of drug-likeness (QED) is 0.599. The Hall–Kier alpha value is -2.92. The molecule has 0 spiro atoms. The summed E-state index contributed by atoms with van der Waals surface area (Å²) in [6.45, 7) is 11.6. The van der Waals surface area contributed by atoms with Gasteiger partial charge in [-0.3, -0.25) is 14.4 Å². The molecule has 162 valence electrons. The minimum absolute atomic E-state index is 0.0867. The predicted molar refractivity (Wildman–Crippen MR) is 125 cm³/mol. The smallest absolute Gasteiger partial charge is 0.257 e. The zero-order valence-electron chi connectivity index (χ0n) is 18.8. The van der Waals surface area contributed by atoms with E-state index in [1.165, 1.54) is 16.7 Å². The Labute approximate surface area is 185 Å². The maximum atomic E-state index is 13.5. The summed E-state index contributed by atoms with van der Waals surface area (Å²) in [5, 5.41) is 4.87. The summed E-state index contributed by atoms with van der Waals surface area (Å²) in [5.74, 6) is 0.0867. The highest BCUT2D eigenvalue weighted by atomic mass is 16.2. The van der Waals surface area contributed by atoms with Crippen LogP contribution in [0.1, 0.15) is 40.4 Å². The molecule has 2 heterocycles. The van der Waals surface area contributed by atoms with E-state index in [2.05, 4.69) is 56.0 Å². The number of amides is 1. The molecule has 0 bridgehead atoms. The highest BCUT2D eigenvalue weighted by Gasteiger charge is 2.26. The fourth-order valence-electron chi connectivity index (χ4n) is 4.19. The molecule has 1 fully saturated rings. The van der Waals surface area contributed by atoms with Crippen molar-refractivity contribution in [2.45, 2.75) is 33.7 Å². The van der Waals surface area contributed by atoms with Crippen molar-refractivity contribution in [3.8, 4) is 11.3 Å². The number of rotatable bonds is 6. The zero-order chi connectivity index (χ0) is 21.8. The summed E-state index contributed by atoms with van der Waals surface area (Å²) in [4.78, 5) is 18.0. The van der Waals surface area contributed by atoms with Gasteiger partial charge in [-0.2, -0.15) is 5.10 Å². The molecule has 0 saturated carbocycles. The zero-order valence-corrected chi connectivity index (χ0v) is 18.8. The predicted octanol–water partition coefficient (Wildman–Crippen LogP) is 4.38. The van der Waals surface area contributed by atoms with Gasteiger partial charge in [0.25, 0.3) is 5.91 Å². The molecule has 2 aromatic carbocycles. The van der Waals surface area contributed by atoms with Crippen LogP contribution in [0, 0.1) is 13.8 Å². The number of aryl methyl sites for hydroxylation is 2. The van der Waals surface area contributed by atoms with Crippen molar-refractivity contribution in [1.29, 1.82) is 0 Å². The molecule has 3 aromatic rings. The molecular formula is C26H32N4O. The Bertz CT molecular complexity index is 1030. The van der Waals surface area contributed by atoms with Gasteiger partial charge in [0.2, 0.25) is 0 Å². The van der Waals surface area contributed by atoms with E-state index in [1.54, 1.807) is 0 Å². The Morgan fingerprint density at radius 3 is 2.39 bits per heavy atom. The molecule has 0 N–H and O–H groups in total. The Balaban J connectivity index is 1.64. The average molecular weight is 417 g/mol. The third kappa shape index (κ3) is 4.88. The molecule has 5 nitrogen and oxygen atoms in total. The van der Waals surface area contributed by atoms with E-state index in [0.29, 0.717) is 12.1 Å². The topological polar surface area (TPSA) is 41.4 Å². The van der Waals surface area contributed by atoms with Crippen LogP contribution in [0.4, 0.5) is 0 Å². The van der Waals surface area contributed by atoms with Crippen LogP contribution >= 0.6 is 0 Å². The fraction of sp³-hybridized carbons (Fsp3) is 0.385. The van der Waals surface area contributed by atoms with E-state index in [4.69, 9.17) is 5.10 Å². The van der Waals surface area contributed by atoms with Crippen molar-refractivity contribution < 1.29 is 4.79 Å². The lowest BCUT2D eigenvalue weighted by atomic mass is 10.0. The van der Waals surface area contributed by atoms with Crippen molar-refractivity contribution in [3.63, 3.8) is 0 Å². The first kappa shape index (κ1) is 21.3. The van der Waals surface area contributed by atoms with Gasteiger partial charge < -0.3 is 4.90 Å². The van der Waals surface area contributed by atoms with Crippen molar-refractivity contribution in [1.82, 2.24) is 19.6 Å². The van der Waals surface area contributed by atoms with Gasteiger partial charge >= 0.3 is 0 Å². The van der Waals surface area contributed by atoms with Crippen LogP contribution in [-0.4, -0.2) is 58.2 Å². The summed E-state index contributed by atoms with van der Waals surface area (Å²) in [6.07, 6.45) is 3.08. The third-order valence-corrected chi connectivity index (χ3v) is 6.16. The van der Waals surface area contributed by atoms with Crippen LogP contribution in [0.15, 0.2) is 54.7 Å². The molecule has 31 heavy (non-hydrogen) atoms. The Morgan fingerprint density at radius 1 is 0.968 bits per heavy atom. The van der Waals surface area contributed by atoms with Crippen LogP contribution in [0.5, 0.6) is 0 Å². The lowest BCUT2D eigenvalue weighted by Crippen LogP contribution is -2.48. The normalized spacial score (nSPS) is 14.7. The first-order valence-corrected chi connectivity index (χ1v) is 11.3. The number of carbonyl (C=O) groups is 1. The van der Waals surface area contributed by atoms with Gasteiger partial charge in [-0.05, 0) is 49.6 Å².